The molecule has 1 aliphatic heterocycles. The van der Waals surface area contributed by atoms with Gasteiger partial charge < -0.3 is 15.4 Å². The summed E-state index contributed by atoms with van der Waals surface area (Å²) < 4.78 is 66.5. The Morgan fingerprint density at radius 1 is 1.31 bits per heavy atom. The van der Waals surface area contributed by atoms with Crippen LogP contribution in [0.1, 0.15) is 19.3 Å². The third kappa shape index (κ3) is 6.15. The van der Waals surface area contributed by atoms with Crippen LogP contribution in [-0.2, 0) is 14.8 Å². The zero-order chi connectivity index (χ0) is 19.4. The molecule has 1 saturated heterocycles. The SMILES string of the molecule is NC1CCCN(C(=O)CCNS(=O)(=O)c2ccc(OC(F)(F)F)cc2)C1. The number of carbonyl (C=O) groups is 1. The van der Waals surface area contributed by atoms with E-state index in [0.717, 1.165) is 37.1 Å². The first kappa shape index (κ1) is 20.5. The van der Waals surface area contributed by atoms with Gasteiger partial charge in [-0.2, -0.15) is 0 Å². The van der Waals surface area contributed by atoms with Gasteiger partial charge in [0.05, 0.1) is 4.90 Å². The molecule has 1 amide bonds. The van der Waals surface area contributed by atoms with Crippen LogP contribution >= 0.6 is 0 Å². The topological polar surface area (TPSA) is 102 Å². The number of halogens is 3. The zero-order valence-corrected chi connectivity index (χ0v) is 14.6. The molecule has 7 nitrogen and oxygen atoms in total. The Morgan fingerprint density at radius 2 is 1.96 bits per heavy atom. The maximum atomic E-state index is 12.1. The quantitative estimate of drug-likeness (QED) is 0.754. The fourth-order valence-electron chi connectivity index (χ4n) is 2.59. The fraction of sp³-hybridized carbons (Fsp3) is 0.533. The summed E-state index contributed by atoms with van der Waals surface area (Å²) >= 11 is 0. The Balaban J connectivity index is 1.87. The van der Waals surface area contributed by atoms with Crippen LogP contribution < -0.4 is 15.2 Å². The summed E-state index contributed by atoms with van der Waals surface area (Å²) in [5.41, 5.74) is 5.80. The summed E-state index contributed by atoms with van der Waals surface area (Å²) in [4.78, 5) is 13.4. The number of nitrogens with two attached hydrogens (primary N) is 1. The predicted octanol–water partition coefficient (Wildman–Crippen LogP) is 1.20. The molecule has 0 spiro atoms. The lowest BCUT2D eigenvalue weighted by atomic mass is 10.1. The highest BCUT2D eigenvalue weighted by atomic mass is 32.2. The van der Waals surface area contributed by atoms with Crippen molar-refractivity contribution in [2.45, 2.75) is 36.6 Å². The van der Waals surface area contributed by atoms with Crippen molar-refractivity contribution in [3.63, 3.8) is 0 Å². The monoisotopic (exact) mass is 395 g/mol. The van der Waals surface area contributed by atoms with E-state index >= 15 is 0 Å². The second-order valence-electron chi connectivity index (χ2n) is 5.91. The van der Waals surface area contributed by atoms with E-state index < -0.39 is 22.1 Å². The first-order valence-corrected chi connectivity index (χ1v) is 9.44. The van der Waals surface area contributed by atoms with Gasteiger partial charge in [-0.1, -0.05) is 0 Å². The molecule has 146 valence electrons. The average molecular weight is 395 g/mol. The second kappa shape index (κ2) is 8.23. The Hall–Kier alpha value is -1.85. The van der Waals surface area contributed by atoms with Gasteiger partial charge in [0, 0.05) is 32.1 Å². The molecule has 11 heteroatoms. The van der Waals surface area contributed by atoms with Crippen LogP contribution in [-0.4, -0.2) is 51.3 Å². The van der Waals surface area contributed by atoms with E-state index in [-0.39, 0.29) is 29.8 Å². The molecular weight excluding hydrogens is 375 g/mol. The number of likely N-dealkylation sites (tertiary alicyclic amines) is 1. The van der Waals surface area contributed by atoms with Crippen molar-refractivity contribution in [2.75, 3.05) is 19.6 Å². The smallest absolute Gasteiger partial charge is 0.406 e. The summed E-state index contributed by atoms with van der Waals surface area (Å²) in [6, 6.07) is 3.73. The van der Waals surface area contributed by atoms with Crippen molar-refractivity contribution in [3.05, 3.63) is 24.3 Å². The standard InChI is InChI=1S/C15H20F3N3O4S/c16-15(17,18)25-12-3-5-13(6-4-12)26(23,24)20-8-7-14(22)21-9-1-2-11(19)10-21/h3-6,11,20H,1-2,7-10,19H2. The first-order valence-electron chi connectivity index (χ1n) is 7.96. The first-order chi connectivity index (χ1) is 12.1. The number of carbonyl (C=O) groups excluding carboxylic acids is 1. The number of benzene rings is 1. The van der Waals surface area contributed by atoms with Crippen LogP contribution in [0.15, 0.2) is 29.2 Å². The highest BCUT2D eigenvalue weighted by molar-refractivity contribution is 7.89. The second-order valence-corrected chi connectivity index (χ2v) is 7.68. The van der Waals surface area contributed by atoms with Gasteiger partial charge in [-0.15, -0.1) is 13.2 Å². The molecule has 1 unspecified atom stereocenters. The number of amides is 1. The normalized spacial score (nSPS) is 18.6. The van der Waals surface area contributed by atoms with Crippen LogP contribution in [0.2, 0.25) is 0 Å². The van der Waals surface area contributed by atoms with Crippen LogP contribution in [0.3, 0.4) is 0 Å². The number of piperidine rings is 1. The number of hydrogen-bond donors (Lipinski definition) is 2. The number of hydrogen-bond acceptors (Lipinski definition) is 5. The highest BCUT2D eigenvalue weighted by Crippen LogP contribution is 2.23. The number of nitrogens with zero attached hydrogens (tertiary/aromatic N) is 1. The van der Waals surface area contributed by atoms with Crippen LogP contribution in [0.5, 0.6) is 5.75 Å². The minimum atomic E-state index is -4.85. The van der Waals surface area contributed by atoms with Crippen LogP contribution in [0, 0.1) is 0 Å². The van der Waals surface area contributed by atoms with Gasteiger partial charge in [-0.3, -0.25) is 4.79 Å². The molecular formula is C15H20F3N3O4S. The Labute approximate surface area is 149 Å². The number of nitrogens with one attached hydrogen (secondary N) is 1. The molecule has 1 heterocycles. The van der Waals surface area contributed by atoms with E-state index in [4.69, 9.17) is 5.73 Å². The van der Waals surface area contributed by atoms with Crippen molar-refractivity contribution in [1.29, 1.82) is 0 Å². The van der Waals surface area contributed by atoms with Gasteiger partial charge in [0.25, 0.3) is 0 Å². The molecule has 0 saturated carbocycles. The molecule has 1 aliphatic rings. The van der Waals surface area contributed by atoms with Crippen molar-refractivity contribution in [3.8, 4) is 5.75 Å². The molecule has 26 heavy (non-hydrogen) atoms. The van der Waals surface area contributed by atoms with Gasteiger partial charge >= 0.3 is 6.36 Å². The van der Waals surface area contributed by atoms with E-state index in [9.17, 15) is 26.4 Å². The lowest BCUT2D eigenvalue weighted by Crippen LogP contribution is -2.46. The fourth-order valence-corrected chi connectivity index (χ4v) is 3.62. The Kier molecular flexibility index (Phi) is 6.48. The van der Waals surface area contributed by atoms with Gasteiger partial charge in [0.1, 0.15) is 5.75 Å². The number of sulfonamides is 1. The maximum Gasteiger partial charge on any atom is 0.573 e. The van der Waals surface area contributed by atoms with E-state index in [1.165, 1.54) is 0 Å². The molecule has 0 radical (unpaired) electrons. The molecule has 3 N–H and O–H groups in total. The van der Waals surface area contributed by atoms with E-state index in [1.54, 1.807) is 4.90 Å². The van der Waals surface area contributed by atoms with Crippen molar-refractivity contribution >= 4 is 15.9 Å². The van der Waals surface area contributed by atoms with E-state index in [2.05, 4.69) is 9.46 Å². The number of rotatable bonds is 6. The third-order valence-electron chi connectivity index (χ3n) is 3.81. The van der Waals surface area contributed by atoms with Gasteiger partial charge in [-0.25, -0.2) is 13.1 Å². The summed E-state index contributed by atoms with van der Waals surface area (Å²) in [6.07, 6.45) is -3.22. The molecule has 1 aromatic rings. The largest absolute Gasteiger partial charge is 0.573 e. The highest BCUT2D eigenvalue weighted by Gasteiger charge is 2.31. The van der Waals surface area contributed by atoms with E-state index in [0.29, 0.717) is 13.1 Å². The minimum Gasteiger partial charge on any atom is -0.406 e. The Morgan fingerprint density at radius 3 is 2.54 bits per heavy atom. The molecule has 0 aromatic heterocycles. The number of ether oxygens (including phenoxy) is 1. The molecule has 0 aliphatic carbocycles. The molecule has 1 aromatic carbocycles. The lowest BCUT2D eigenvalue weighted by Gasteiger charge is -2.30. The molecule has 1 fully saturated rings. The summed E-state index contributed by atoms with van der Waals surface area (Å²) in [5.74, 6) is -0.718. The van der Waals surface area contributed by atoms with Crippen molar-refractivity contribution in [1.82, 2.24) is 9.62 Å². The van der Waals surface area contributed by atoms with Gasteiger partial charge in [0.2, 0.25) is 15.9 Å². The minimum absolute atomic E-state index is 0.0266. The maximum absolute atomic E-state index is 12.1. The zero-order valence-electron chi connectivity index (χ0n) is 13.8. The summed E-state index contributed by atoms with van der Waals surface area (Å²) in [5, 5.41) is 0. The molecule has 2 rings (SSSR count). The summed E-state index contributed by atoms with van der Waals surface area (Å²) in [6.45, 7) is 0.930. The predicted molar refractivity (Wildman–Crippen MR) is 86.7 cm³/mol. The third-order valence-corrected chi connectivity index (χ3v) is 5.29. The number of alkyl halides is 3. The molecule has 0 bridgehead atoms. The van der Waals surface area contributed by atoms with Gasteiger partial charge in [-0.05, 0) is 37.1 Å². The Bertz CT molecular complexity index is 723. The van der Waals surface area contributed by atoms with Crippen molar-refractivity contribution < 1.29 is 31.1 Å². The summed E-state index contributed by atoms with van der Waals surface area (Å²) in [7, 11) is -3.94. The average Bonchev–Trinajstić information content (AvgIpc) is 2.53. The van der Waals surface area contributed by atoms with Crippen LogP contribution in [0.25, 0.3) is 0 Å². The van der Waals surface area contributed by atoms with Crippen LogP contribution in [0.4, 0.5) is 13.2 Å². The lowest BCUT2D eigenvalue weighted by molar-refractivity contribution is -0.274. The van der Waals surface area contributed by atoms with E-state index in [1.807, 2.05) is 0 Å². The van der Waals surface area contributed by atoms with Gasteiger partial charge in [0.15, 0.2) is 0 Å². The molecule has 1 atom stereocenters. The van der Waals surface area contributed by atoms with Crippen molar-refractivity contribution in [2.24, 2.45) is 5.73 Å².